The summed E-state index contributed by atoms with van der Waals surface area (Å²) < 4.78 is 16.1. The van der Waals surface area contributed by atoms with Gasteiger partial charge in [0, 0.05) is 24.7 Å². The molecule has 0 saturated heterocycles. The Hall–Kier alpha value is -3.06. The Kier molecular flexibility index (Phi) is 5.09. The molecular weight excluding hydrogens is 353 g/mol. The molecule has 7 heteroatoms. The van der Waals surface area contributed by atoms with Crippen molar-refractivity contribution in [3.8, 4) is 0 Å². The lowest BCUT2D eigenvalue weighted by atomic mass is 10.2. The molecule has 0 aliphatic heterocycles. The summed E-state index contributed by atoms with van der Waals surface area (Å²) in [6.07, 6.45) is 1.71. The summed E-state index contributed by atoms with van der Waals surface area (Å²) in [6.45, 7) is 5.65. The van der Waals surface area contributed by atoms with E-state index in [1.807, 2.05) is 16.7 Å². The highest BCUT2D eigenvalue weighted by Crippen LogP contribution is 2.22. The molecule has 1 aromatic heterocycles. The zero-order valence-corrected chi connectivity index (χ0v) is 14.8. The molecule has 0 radical (unpaired) electrons. The zero-order chi connectivity index (χ0) is 18.7. The van der Waals surface area contributed by atoms with Crippen LogP contribution in [0.2, 0.25) is 0 Å². The predicted molar refractivity (Wildman–Crippen MR) is 101 cm³/mol. The van der Waals surface area contributed by atoms with Crippen LogP contribution in [0, 0.1) is 5.82 Å². The summed E-state index contributed by atoms with van der Waals surface area (Å²) >= 11 is 1.31. The van der Waals surface area contributed by atoms with Gasteiger partial charge in [0.15, 0.2) is 4.80 Å². The van der Waals surface area contributed by atoms with Crippen molar-refractivity contribution in [1.29, 1.82) is 0 Å². The maximum atomic E-state index is 13.3. The van der Waals surface area contributed by atoms with Crippen molar-refractivity contribution in [2.45, 2.75) is 13.5 Å². The maximum absolute atomic E-state index is 13.3. The number of allylic oxidation sites excluding steroid dienone is 1. The fourth-order valence-corrected chi connectivity index (χ4v) is 3.60. The first-order valence-electron chi connectivity index (χ1n) is 7.84. The molecule has 1 N–H and O–H groups in total. The smallest absolute Gasteiger partial charge is 0.279 e. The van der Waals surface area contributed by atoms with Gasteiger partial charge in [-0.2, -0.15) is 4.99 Å². The Morgan fingerprint density at radius 1 is 1.31 bits per heavy atom. The zero-order valence-electron chi connectivity index (χ0n) is 14.0. The van der Waals surface area contributed by atoms with Crippen LogP contribution in [0.4, 0.5) is 10.1 Å². The number of amides is 2. The van der Waals surface area contributed by atoms with Gasteiger partial charge >= 0.3 is 0 Å². The first-order chi connectivity index (χ1) is 12.5. The Morgan fingerprint density at radius 2 is 2.12 bits per heavy atom. The molecule has 0 saturated carbocycles. The van der Waals surface area contributed by atoms with E-state index in [9.17, 15) is 14.0 Å². The molecule has 3 aromatic rings. The molecule has 0 aliphatic rings. The van der Waals surface area contributed by atoms with Crippen molar-refractivity contribution < 1.29 is 14.0 Å². The monoisotopic (exact) mass is 369 g/mol. The van der Waals surface area contributed by atoms with Gasteiger partial charge < -0.3 is 9.88 Å². The minimum atomic E-state index is -0.518. The molecule has 0 aliphatic carbocycles. The number of fused-ring (bicyclic) bond motifs is 1. The van der Waals surface area contributed by atoms with Gasteiger partial charge in [-0.15, -0.1) is 6.58 Å². The third kappa shape index (κ3) is 3.78. The average molecular weight is 369 g/mol. The van der Waals surface area contributed by atoms with Crippen LogP contribution in [0.5, 0.6) is 0 Å². The van der Waals surface area contributed by atoms with E-state index in [-0.39, 0.29) is 11.5 Å². The van der Waals surface area contributed by atoms with Crippen LogP contribution < -0.4 is 10.1 Å². The van der Waals surface area contributed by atoms with Gasteiger partial charge in [-0.1, -0.05) is 23.5 Å². The second-order valence-corrected chi connectivity index (χ2v) is 6.58. The largest absolute Gasteiger partial charge is 0.326 e. The van der Waals surface area contributed by atoms with E-state index in [0.29, 0.717) is 17.0 Å². The fourth-order valence-electron chi connectivity index (χ4n) is 2.52. The van der Waals surface area contributed by atoms with Crippen molar-refractivity contribution >= 4 is 39.1 Å². The molecular formula is C19H16FN3O2S. The molecule has 0 spiro atoms. The fraction of sp³-hybridized carbons (Fsp3) is 0.105. The van der Waals surface area contributed by atoms with E-state index in [4.69, 9.17) is 0 Å². The molecule has 132 valence electrons. The topological polar surface area (TPSA) is 63.5 Å². The summed E-state index contributed by atoms with van der Waals surface area (Å²) in [5, 5.41) is 2.73. The second-order valence-electron chi connectivity index (χ2n) is 5.57. The predicted octanol–water partition coefficient (Wildman–Crippen LogP) is 3.73. The molecule has 0 fully saturated rings. The number of halogens is 1. The van der Waals surface area contributed by atoms with Crippen molar-refractivity contribution in [1.82, 2.24) is 4.57 Å². The van der Waals surface area contributed by atoms with Crippen LogP contribution >= 0.6 is 11.3 Å². The number of hydrogen-bond donors (Lipinski definition) is 1. The van der Waals surface area contributed by atoms with E-state index in [0.717, 1.165) is 16.3 Å². The average Bonchev–Trinajstić information content (AvgIpc) is 2.91. The van der Waals surface area contributed by atoms with Crippen LogP contribution in [0.3, 0.4) is 0 Å². The summed E-state index contributed by atoms with van der Waals surface area (Å²) in [5.74, 6) is -1.16. The molecule has 5 nitrogen and oxygen atoms in total. The number of thiazole rings is 1. The third-order valence-electron chi connectivity index (χ3n) is 3.58. The van der Waals surface area contributed by atoms with Crippen LogP contribution in [-0.4, -0.2) is 16.4 Å². The van der Waals surface area contributed by atoms with E-state index in [1.54, 1.807) is 12.1 Å². The van der Waals surface area contributed by atoms with Crippen LogP contribution in [0.1, 0.15) is 17.3 Å². The van der Waals surface area contributed by atoms with E-state index in [2.05, 4.69) is 16.9 Å². The van der Waals surface area contributed by atoms with Gasteiger partial charge in [0.1, 0.15) is 5.82 Å². The van der Waals surface area contributed by atoms with Gasteiger partial charge in [0.25, 0.3) is 5.91 Å². The summed E-state index contributed by atoms with van der Waals surface area (Å²) in [5.41, 5.74) is 1.72. The number of carbonyl (C=O) groups is 2. The molecule has 3 rings (SSSR count). The summed E-state index contributed by atoms with van der Waals surface area (Å²) in [6, 6.07) is 10.9. The lowest BCUT2D eigenvalue weighted by Crippen LogP contribution is -2.16. The van der Waals surface area contributed by atoms with Gasteiger partial charge in [0.05, 0.1) is 10.2 Å². The highest BCUT2D eigenvalue weighted by Gasteiger charge is 2.10. The minimum absolute atomic E-state index is 0.161. The number of rotatable bonds is 4. The number of aromatic nitrogens is 1. The van der Waals surface area contributed by atoms with Crippen molar-refractivity contribution in [3.05, 3.63) is 71.3 Å². The number of anilines is 1. The lowest BCUT2D eigenvalue weighted by Gasteiger charge is -2.03. The molecule has 2 amide bonds. The molecule has 0 atom stereocenters. The number of nitrogens with one attached hydrogen (secondary N) is 1. The van der Waals surface area contributed by atoms with Crippen molar-refractivity contribution in [3.63, 3.8) is 0 Å². The van der Waals surface area contributed by atoms with Crippen molar-refractivity contribution in [2.24, 2.45) is 4.99 Å². The van der Waals surface area contributed by atoms with Gasteiger partial charge in [-0.25, -0.2) is 4.39 Å². The Labute approximate surface area is 153 Å². The third-order valence-corrected chi connectivity index (χ3v) is 4.62. The first-order valence-corrected chi connectivity index (χ1v) is 8.66. The Morgan fingerprint density at radius 3 is 2.81 bits per heavy atom. The molecule has 2 aromatic carbocycles. The van der Waals surface area contributed by atoms with E-state index < -0.39 is 11.7 Å². The lowest BCUT2D eigenvalue weighted by molar-refractivity contribution is -0.114. The van der Waals surface area contributed by atoms with Gasteiger partial charge in [-0.05, 0) is 36.4 Å². The molecule has 1 heterocycles. The number of nitrogens with zero attached hydrogens (tertiary/aromatic N) is 2. The van der Waals surface area contributed by atoms with Gasteiger partial charge in [0.2, 0.25) is 5.91 Å². The SMILES string of the molecule is C=CCn1c(=NC(=O)c2cccc(F)c2)sc2cc(NC(C)=O)ccc21. The number of hydrogen-bond acceptors (Lipinski definition) is 3. The van der Waals surface area contributed by atoms with Crippen LogP contribution in [-0.2, 0) is 11.3 Å². The number of carbonyl (C=O) groups excluding carboxylic acids is 2. The minimum Gasteiger partial charge on any atom is -0.326 e. The summed E-state index contributed by atoms with van der Waals surface area (Å²) in [4.78, 5) is 28.3. The first kappa shape index (κ1) is 17.8. The van der Waals surface area contributed by atoms with Crippen LogP contribution in [0.25, 0.3) is 10.2 Å². The maximum Gasteiger partial charge on any atom is 0.279 e. The Bertz CT molecular complexity index is 1080. The van der Waals surface area contributed by atoms with E-state index >= 15 is 0 Å². The number of benzene rings is 2. The molecule has 0 bridgehead atoms. The standard InChI is InChI=1S/C19H16FN3O2S/c1-3-9-23-16-8-7-15(21-12(2)24)11-17(16)26-19(23)22-18(25)13-5-4-6-14(20)10-13/h3-8,10-11H,1,9H2,2H3,(H,21,24). The molecule has 26 heavy (non-hydrogen) atoms. The van der Waals surface area contributed by atoms with E-state index in [1.165, 1.54) is 36.5 Å². The highest BCUT2D eigenvalue weighted by molar-refractivity contribution is 7.16. The van der Waals surface area contributed by atoms with Crippen LogP contribution in [0.15, 0.2) is 60.1 Å². The summed E-state index contributed by atoms with van der Waals surface area (Å²) in [7, 11) is 0. The second kappa shape index (κ2) is 7.45. The Balaban J connectivity index is 2.11. The van der Waals surface area contributed by atoms with Gasteiger partial charge in [-0.3, -0.25) is 9.59 Å². The van der Waals surface area contributed by atoms with Crippen molar-refractivity contribution in [2.75, 3.05) is 5.32 Å². The highest BCUT2D eigenvalue weighted by atomic mass is 32.1. The quantitative estimate of drug-likeness (QED) is 0.712. The normalized spacial score (nSPS) is 11.5. The molecule has 0 unspecified atom stereocenters.